The Hall–Kier alpha value is -1.32. The molecule has 0 aliphatic rings. The predicted molar refractivity (Wildman–Crippen MR) is 88.6 cm³/mol. The minimum atomic E-state index is -0.382. The molecule has 22 heavy (non-hydrogen) atoms. The summed E-state index contributed by atoms with van der Waals surface area (Å²) in [6, 6.07) is 0. The topological polar surface area (TPSA) is 52.6 Å². The van der Waals surface area contributed by atoms with Crippen LogP contribution >= 0.6 is 0 Å². The number of unbranched alkanes of at least 4 members (excludes halogenated alkanes) is 7. The van der Waals surface area contributed by atoms with Gasteiger partial charge in [-0.1, -0.05) is 58.4 Å². The van der Waals surface area contributed by atoms with Crippen LogP contribution in [0.5, 0.6) is 0 Å². The van der Waals surface area contributed by atoms with Gasteiger partial charge in [0.05, 0.1) is 19.4 Å². The SMILES string of the molecule is C=C(C)COC(=O)CCC(=O)OCCCCCCCCCC. The molecule has 0 aliphatic carbocycles. The van der Waals surface area contributed by atoms with Crippen molar-refractivity contribution in [1.29, 1.82) is 0 Å². The largest absolute Gasteiger partial charge is 0.466 e. The Bertz CT molecular complexity index is 323. The van der Waals surface area contributed by atoms with Crippen molar-refractivity contribution in [3.05, 3.63) is 12.2 Å². The van der Waals surface area contributed by atoms with Crippen molar-refractivity contribution in [2.75, 3.05) is 13.2 Å². The van der Waals surface area contributed by atoms with Crippen LogP contribution in [0.1, 0.15) is 78.1 Å². The van der Waals surface area contributed by atoms with Crippen molar-refractivity contribution in [2.24, 2.45) is 0 Å². The second-order valence-corrected chi connectivity index (χ2v) is 5.81. The summed E-state index contributed by atoms with van der Waals surface area (Å²) in [5.41, 5.74) is 0.783. The average molecular weight is 312 g/mol. The lowest BCUT2D eigenvalue weighted by Gasteiger charge is -2.06. The fourth-order valence-corrected chi connectivity index (χ4v) is 1.97. The van der Waals surface area contributed by atoms with Gasteiger partial charge in [0, 0.05) is 0 Å². The maximum atomic E-state index is 11.4. The number of esters is 2. The van der Waals surface area contributed by atoms with Gasteiger partial charge in [-0.15, -0.1) is 0 Å². The molecule has 0 aromatic heterocycles. The lowest BCUT2D eigenvalue weighted by molar-refractivity contribution is -0.149. The maximum absolute atomic E-state index is 11.4. The highest BCUT2D eigenvalue weighted by Gasteiger charge is 2.08. The van der Waals surface area contributed by atoms with E-state index in [1.165, 1.54) is 38.5 Å². The molecule has 0 atom stereocenters. The Morgan fingerprint density at radius 3 is 1.86 bits per heavy atom. The molecule has 0 aliphatic heterocycles. The van der Waals surface area contributed by atoms with E-state index in [-0.39, 0.29) is 31.4 Å². The molecular weight excluding hydrogens is 280 g/mol. The first kappa shape index (κ1) is 20.7. The van der Waals surface area contributed by atoms with Gasteiger partial charge < -0.3 is 9.47 Å². The number of ether oxygens (including phenoxy) is 2. The number of carbonyl (C=O) groups is 2. The Morgan fingerprint density at radius 1 is 0.818 bits per heavy atom. The summed E-state index contributed by atoms with van der Waals surface area (Å²) >= 11 is 0. The molecule has 0 saturated carbocycles. The molecule has 0 aromatic rings. The van der Waals surface area contributed by atoms with Crippen molar-refractivity contribution < 1.29 is 19.1 Å². The highest BCUT2D eigenvalue weighted by Crippen LogP contribution is 2.08. The van der Waals surface area contributed by atoms with E-state index in [1.54, 1.807) is 6.92 Å². The van der Waals surface area contributed by atoms with E-state index in [1.807, 2.05) is 0 Å². The summed E-state index contributed by atoms with van der Waals surface area (Å²) in [6.45, 7) is 8.31. The van der Waals surface area contributed by atoms with Gasteiger partial charge in [-0.3, -0.25) is 9.59 Å². The van der Waals surface area contributed by atoms with Gasteiger partial charge in [0.25, 0.3) is 0 Å². The number of rotatable bonds is 14. The van der Waals surface area contributed by atoms with Crippen LogP contribution in [0.25, 0.3) is 0 Å². The normalized spacial score (nSPS) is 10.3. The van der Waals surface area contributed by atoms with E-state index in [2.05, 4.69) is 13.5 Å². The Balaban J connectivity index is 3.35. The van der Waals surface area contributed by atoms with Crippen LogP contribution in [0.3, 0.4) is 0 Å². The summed E-state index contributed by atoms with van der Waals surface area (Å²) in [4.78, 5) is 22.7. The molecule has 0 amide bonds. The summed E-state index contributed by atoms with van der Waals surface area (Å²) < 4.78 is 10.0. The van der Waals surface area contributed by atoms with Gasteiger partial charge in [-0.2, -0.15) is 0 Å². The van der Waals surface area contributed by atoms with E-state index in [4.69, 9.17) is 9.47 Å². The molecule has 0 unspecified atom stereocenters. The van der Waals surface area contributed by atoms with Crippen LogP contribution < -0.4 is 0 Å². The lowest BCUT2D eigenvalue weighted by Crippen LogP contribution is -2.11. The van der Waals surface area contributed by atoms with Crippen LogP contribution in [0, 0.1) is 0 Å². The maximum Gasteiger partial charge on any atom is 0.306 e. The summed E-state index contributed by atoms with van der Waals surface area (Å²) in [5.74, 6) is -0.706. The van der Waals surface area contributed by atoms with Crippen molar-refractivity contribution in [1.82, 2.24) is 0 Å². The zero-order valence-corrected chi connectivity index (χ0v) is 14.3. The van der Waals surface area contributed by atoms with Gasteiger partial charge in [-0.05, 0) is 18.9 Å². The van der Waals surface area contributed by atoms with Crippen LogP contribution in [-0.4, -0.2) is 25.2 Å². The molecule has 0 fully saturated rings. The zero-order valence-electron chi connectivity index (χ0n) is 14.3. The summed E-state index contributed by atoms with van der Waals surface area (Å²) in [5, 5.41) is 0. The third-order valence-electron chi connectivity index (χ3n) is 3.27. The fraction of sp³-hybridized carbons (Fsp3) is 0.778. The molecule has 4 heteroatoms. The van der Waals surface area contributed by atoms with Crippen molar-refractivity contribution in [2.45, 2.75) is 78.1 Å². The highest BCUT2D eigenvalue weighted by molar-refractivity contribution is 5.77. The quantitative estimate of drug-likeness (QED) is 0.268. The van der Waals surface area contributed by atoms with Gasteiger partial charge in [0.15, 0.2) is 0 Å². The van der Waals surface area contributed by atoms with E-state index in [0.717, 1.165) is 18.4 Å². The van der Waals surface area contributed by atoms with Gasteiger partial charge in [0.1, 0.15) is 6.61 Å². The van der Waals surface area contributed by atoms with E-state index < -0.39 is 0 Å². The van der Waals surface area contributed by atoms with E-state index in [0.29, 0.717) is 6.61 Å². The summed E-state index contributed by atoms with van der Waals surface area (Å²) in [6.07, 6.45) is 9.86. The molecule has 4 nitrogen and oxygen atoms in total. The number of hydrogen-bond acceptors (Lipinski definition) is 4. The minimum Gasteiger partial charge on any atom is -0.466 e. The van der Waals surface area contributed by atoms with E-state index >= 15 is 0 Å². The molecule has 128 valence electrons. The summed E-state index contributed by atoms with van der Waals surface area (Å²) in [7, 11) is 0. The second-order valence-electron chi connectivity index (χ2n) is 5.81. The molecular formula is C18H32O4. The second kappa shape index (κ2) is 14.6. The predicted octanol–water partition coefficient (Wildman–Crippen LogP) is 4.57. The molecule has 0 radical (unpaired) electrons. The number of carbonyl (C=O) groups excluding carboxylic acids is 2. The Kier molecular flexibility index (Phi) is 13.7. The first-order valence-corrected chi connectivity index (χ1v) is 8.52. The van der Waals surface area contributed by atoms with Gasteiger partial charge in [0.2, 0.25) is 0 Å². The minimum absolute atomic E-state index is 0.0730. The first-order chi connectivity index (χ1) is 10.6. The van der Waals surface area contributed by atoms with Crippen LogP contribution in [0.4, 0.5) is 0 Å². The van der Waals surface area contributed by atoms with Crippen molar-refractivity contribution >= 4 is 11.9 Å². The van der Waals surface area contributed by atoms with Crippen molar-refractivity contribution in [3.8, 4) is 0 Å². The molecule has 0 rings (SSSR count). The third kappa shape index (κ3) is 15.1. The Morgan fingerprint density at radius 2 is 1.32 bits per heavy atom. The van der Waals surface area contributed by atoms with Crippen molar-refractivity contribution in [3.63, 3.8) is 0 Å². The lowest BCUT2D eigenvalue weighted by atomic mass is 10.1. The molecule has 0 spiro atoms. The monoisotopic (exact) mass is 312 g/mol. The third-order valence-corrected chi connectivity index (χ3v) is 3.27. The van der Waals surface area contributed by atoms with Crippen LogP contribution in [0.15, 0.2) is 12.2 Å². The van der Waals surface area contributed by atoms with Gasteiger partial charge in [-0.25, -0.2) is 0 Å². The fourth-order valence-electron chi connectivity index (χ4n) is 1.97. The Labute approximate surface area is 135 Å². The van der Waals surface area contributed by atoms with Crippen LogP contribution in [-0.2, 0) is 19.1 Å². The zero-order chi connectivity index (χ0) is 16.6. The highest BCUT2D eigenvalue weighted by atomic mass is 16.5. The molecule has 0 heterocycles. The number of hydrogen-bond donors (Lipinski definition) is 0. The smallest absolute Gasteiger partial charge is 0.306 e. The molecule has 0 N–H and O–H groups in total. The van der Waals surface area contributed by atoms with Gasteiger partial charge >= 0.3 is 11.9 Å². The first-order valence-electron chi connectivity index (χ1n) is 8.52. The average Bonchev–Trinajstić information content (AvgIpc) is 2.49. The molecule has 0 aromatic carbocycles. The van der Waals surface area contributed by atoms with Crippen LogP contribution in [0.2, 0.25) is 0 Å². The van der Waals surface area contributed by atoms with E-state index in [9.17, 15) is 9.59 Å². The standard InChI is InChI=1S/C18H32O4/c1-4-5-6-7-8-9-10-11-14-21-17(19)12-13-18(20)22-15-16(2)3/h2,4-15H2,1,3H3. The molecule has 0 saturated heterocycles. The molecule has 0 bridgehead atoms.